The third kappa shape index (κ3) is 3.43. The van der Waals surface area contributed by atoms with E-state index in [1.807, 2.05) is 0 Å². The molecule has 1 amide bonds. The van der Waals surface area contributed by atoms with Gasteiger partial charge in [0.2, 0.25) is 5.69 Å². The van der Waals surface area contributed by atoms with Gasteiger partial charge in [0.15, 0.2) is 6.20 Å². The zero-order chi connectivity index (χ0) is 18.8. The largest absolute Gasteiger partial charge is 0.618 e. The van der Waals surface area contributed by atoms with Crippen LogP contribution >= 0.6 is 11.6 Å². The van der Waals surface area contributed by atoms with E-state index in [1.165, 1.54) is 42.9 Å². The van der Waals surface area contributed by atoms with Crippen LogP contribution in [0.4, 0.5) is 15.8 Å². The summed E-state index contributed by atoms with van der Waals surface area (Å²) in [4.78, 5) is 15.4. The minimum absolute atomic E-state index is 0.0698. The number of aromatic nitrogens is 2. The number of nitrogens with zero attached hydrogens (tertiary/aromatic N) is 2. The van der Waals surface area contributed by atoms with Gasteiger partial charge in [-0.15, -0.1) is 0 Å². The molecule has 0 spiro atoms. The van der Waals surface area contributed by atoms with E-state index in [2.05, 4.69) is 10.3 Å². The van der Waals surface area contributed by atoms with E-state index in [1.54, 1.807) is 13.0 Å². The topological polar surface area (TPSA) is 94.9 Å². The monoisotopic (exact) mass is 372 g/mol. The number of rotatable bonds is 4. The maximum Gasteiger partial charge on any atom is 0.252 e. The van der Waals surface area contributed by atoms with E-state index >= 15 is 0 Å². The Morgan fingerprint density at radius 3 is 2.81 bits per heavy atom. The van der Waals surface area contributed by atoms with Gasteiger partial charge in [0.05, 0.1) is 22.5 Å². The molecular weight excluding hydrogens is 359 g/mol. The molecule has 3 N–H and O–H groups in total. The highest BCUT2D eigenvalue weighted by atomic mass is 35.5. The molecule has 6 nitrogen and oxygen atoms in total. The molecule has 0 unspecified atom stereocenters. The van der Waals surface area contributed by atoms with Crippen LogP contribution < -0.4 is 15.8 Å². The van der Waals surface area contributed by atoms with Crippen LogP contribution in [0.2, 0.25) is 5.02 Å². The number of carbonyl (C=O) groups is 1. The maximum atomic E-state index is 14.2. The first-order valence-electron chi connectivity index (χ1n) is 7.57. The fourth-order valence-electron chi connectivity index (χ4n) is 2.50. The Bertz CT molecular complexity index is 1010. The lowest BCUT2D eigenvalue weighted by Gasteiger charge is -2.14. The highest BCUT2D eigenvalue weighted by Crippen LogP contribution is 2.29. The first-order valence-corrected chi connectivity index (χ1v) is 7.94. The molecule has 1 aromatic carbocycles. The summed E-state index contributed by atoms with van der Waals surface area (Å²) in [6.45, 7) is 1.71. The molecule has 0 saturated carbocycles. The van der Waals surface area contributed by atoms with E-state index in [4.69, 9.17) is 17.3 Å². The number of anilines is 2. The van der Waals surface area contributed by atoms with Crippen LogP contribution in [0.1, 0.15) is 15.9 Å². The SMILES string of the molecule is Cc1c[n+]([O-])c(-c2cc(Cl)ccc2F)cc1Nc1ccncc1C(N)=O. The van der Waals surface area contributed by atoms with Crippen molar-refractivity contribution in [1.29, 1.82) is 0 Å². The molecule has 2 aromatic heterocycles. The molecule has 0 saturated heterocycles. The summed E-state index contributed by atoms with van der Waals surface area (Å²) in [6.07, 6.45) is 4.15. The number of halogens is 2. The van der Waals surface area contributed by atoms with Gasteiger partial charge in [0.25, 0.3) is 5.91 Å². The van der Waals surface area contributed by atoms with Crippen LogP contribution in [0.15, 0.2) is 48.9 Å². The Balaban J connectivity index is 2.10. The zero-order valence-corrected chi connectivity index (χ0v) is 14.4. The van der Waals surface area contributed by atoms with Crippen molar-refractivity contribution < 1.29 is 13.9 Å². The quantitative estimate of drug-likeness (QED) is 0.542. The predicted octanol–water partition coefficient (Wildman–Crippen LogP) is 3.33. The summed E-state index contributed by atoms with van der Waals surface area (Å²) in [5, 5.41) is 15.6. The average Bonchev–Trinajstić information content (AvgIpc) is 2.60. The van der Waals surface area contributed by atoms with E-state index < -0.39 is 11.7 Å². The van der Waals surface area contributed by atoms with Crippen molar-refractivity contribution in [2.45, 2.75) is 6.92 Å². The minimum atomic E-state index is -0.644. The van der Waals surface area contributed by atoms with Crippen LogP contribution in [0.3, 0.4) is 0 Å². The maximum absolute atomic E-state index is 14.2. The zero-order valence-electron chi connectivity index (χ0n) is 13.7. The van der Waals surface area contributed by atoms with Crippen molar-refractivity contribution in [1.82, 2.24) is 4.98 Å². The van der Waals surface area contributed by atoms with Gasteiger partial charge in [-0.1, -0.05) is 11.6 Å². The third-order valence-corrected chi connectivity index (χ3v) is 4.05. The molecule has 0 atom stereocenters. The smallest absolute Gasteiger partial charge is 0.252 e. The Morgan fingerprint density at radius 2 is 2.08 bits per heavy atom. The van der Waals surface area contributed by atoms with Gasteiger partial charge in [-0.2, -0.15) is 4.73 Å². The Hall–Kier alpha value is -3.19. The van der Waals surface area contributed by atoms with Gasteiger partial charge in [-0.05, 0) is 31.2 Å². The number of carbonyl (C=O) groups excluding carboxylic acids is 1. The summed E-state index contributed by atoms with van der Waals surface area (Å²) in [7, 11) is 0. The fraction of sp³-hybridized carbons (Fsp3) is 0.0556. The highest BCUT2D eigenvalue weighted by molar-refractivity contribution is 6.30. The molecule has 0 aliphatic carbocycles. The van der Waals surface area contributed by atoms with Crippen LogP contribution in [0.5, 0.6) is 0 Å². The van der Waals surface area contributed by atoms with Gasteiger partial charge in [-0.3, -0.25) is 9.78 Å². The lowest BCUT2D eigenvalue weighted by molar-refractivity contribution is -0.594. The number of primary amides is 1. The average molecular weight is 373 g/mol. The van der Waals surface area contributed by atoms with Gasteiger partial charge in [0.1, 0.15) is 5.82 Å². The number of pyridine rings is 2. The van der Waals surface area contributed by atoms with E-state index in [0.29, 0.717) is 26.7 Å². The molecule has 132 valence electrons. The van der Waals surface area contributed by atoms with Gasteiger partial charge >= 0.3 is 0 Å². The number of hydrogen-bond donors (Lipinski definition) is 2. The summed E-state index contributed by atoms with van der Waals surface area (Å²) >= 11 is 5.92. The van der Waals surface area contributed by atoms with Crippen molar-refractivity contribution in [3.05, 3.63) is 76.1 Å². The molecule has 0 aliphatic heterocycles. The normalized spacial score (nSPS) is 10.6. The molecule has 0 bridgehead atoms. The lowest BCUT2D eigenvalue weighted by Crippen LogP contribution is -2.29. The van der Waals surface area contributed by atoms with Crippen LogP contribution in [-0.2, 0) is 0 Å². The second kappa shape index (κ2) is 6.97. The molecule has 0 fully saturated rings. The number of nitrogens with one attached hydrogen (secondary N) is 1. The van der Waals surface area contributed by atoms with Crippen molar-refractivity contribution in [3.63, 3.8) is 0 Å². The first kappa shape index (κ1) is 17.6. The van der Waals surface area contributed by atoms with Gasteiger partial charge in [-0.25, -0.2) is 4.39 Å². The molecule has 2 heterocycles. The summed E-state index contributed by atoms with van der Waals surface area (Å²) in [5.74, 6) is -1.22. The molecule has 3 aromatic rings. The number of benzene rings is 1. The molecule has 8 heteroatoms. The van der Waals surface area contributed by atoms with Crippen molar-refractivity contribution >= 4 is 28.9 Å². The molecule has 0 aliphatic rings. The lowest BCUT2D eigenvalue weighted by atomic mass is 10.1. The molecule has 0 radical (unpaired) electrons. The Kier molecular flexibility index (Phi) is 4.73. The van der Waals surface area contributed by atoms with Crippen LogP contribution in [-0.4, -0.2) is 10.9 Å². The summed E-state index contributed by atoms with van der Waals surface area (Å²) < 4.78 is 14.7. The number of hydrogen-bond acceptors (Lipinski definition) is 4. The Labute approximate surface area is 153 Å². The minimum Gasteiger partial charge on any atom is -0.618 e. The molecule has 26 heavy (non-hydrogen) atoms. The first-order chi connectivity index (χ1) is 12.4. The van der Waals surface area contributed by atoms with Crippen molar-refractivity contribution in [2.75, 3.05) is 5.32 Å². The van der Waals surface area contributed by atoms with Gasteiger partial charge < -0.3 is 16.3 Å². The predicted molar refractivity (Wildman–Crippen MR) is 96.6 cm³/mol. The summed E-state index contributed by atoms with van der Waals surface area (Å²) in [6, 6.07) is 7.04. The Morgan fingerprint density at radius 1 is 1.31 bits per heavy atom. The van der Waals surface area contributed by atoms with Crippen LogP contribution in [0.25, 0.3) is 11.3 Å². The second-order valence-corrected chi connectivity index (χ2v) is 6.05. The van der Waals surface area contributed by atoms with Crippen molar-refractivity contribution in [2.24, 2.45) is 5.73 Å². The standard InChI is InChI=1S/C18H14ClFN4O2/c1-10-9-24(26)17(12-6-11(19)2-3-14(12)20)7-16(10)23-15-4-5-22-8-13(15)18(21)25/h2-9H,1H3,(H2,21,25)(H,22,23). The van der Waals surface area contributed by atoms with E-state index in [0.717, 1.165) is 0 Å². The third-order valence-electron chi connectivity index (χ3n) is 3.81. The van der Waals surface area contributed by atoms with E-state index in [-0.39, 0.29) is 16.8 Å². The highest BCUT2D eigenvalue weighted by Gasteiger charge is 2.18. The fourth-order valence-corrected chi connectivity index (χ4v) is 2.67. The second-order valence-electron chi connectivity index (χ2n) is 5.62. The van der Waals surface area contributed by atoms with Crippen molar-refractivity contribution in [3.8, 4) is 11.3 Å². The van der Waals surface area contributed by atoms with Gasteiger partial charge in [0, 0.05) is 29.0 Å². The number of nitrogens with two attached hydrogens (primary N) is 1. The number of aryl methyl sites for hydroxylation is 1. The molecule has 3 rings (SSSR count). The molecular formula is C18H14ClFN4O2. The number of amides is 1. The van der Waals surface area contributed by atoms with E-state index in [9.17, 15) is 14.4 Å². The summed E-state index contributed by atoms with van der Waals surface area (Å²) in [5.41, 5.74) is 7.23. The van der Waals surface area contributed by atoms with Crippen LogP contribution in [0, 0.1) is 17.9 Å².